The smallest absolute Gasteiger partial charge is 0.261 e. The topological polar surface area (TPSA) is 88.1 Å². The lowest BCUT2D eigenvalue weighted by atomic mass is 10.2. The molecule has 1 aliphatic carbocycles. The number of para-hydroxylation sites is 1. The lowest BCUT2D eigenvalue weighted by Gasteiger charge is -2.16. The standard InChI is InChI=1S/C18H23N5O2S/c1-23-15(20-14-9-5-4-8-13(14)17(23)25)10-11-16(24)21-22-18(26)19-12-6-2-3-7-12/h4-5,8-9,12H,2-3,6-7,10-11H2,1H3,(H,21,24)(H2,19,22,26). The van der Waals surface area contributed by atoms with E-state index in [0.717, 1.165) is 12.8 Å². The molecule has 0 unspecified atom stereocenters. The fraction of sp³-hybridized carbons (Fsp3) is 0.444. The van der Waals surface area contributed by atoms with Gasteiger partial charge in [0, 0.05) is 25.9 Å². The second-order valence-electron chi connectivity index (χ2n) is 6.54. The Bertz CT molecular complexity index is 874. The summed E-state index contributed by atoms with van der Waals surface area (Å²) < 4.78 is 1.50. The molecule has 0 bridgehead atoms. The number of nitrogens with one attached hydrogen (secondary N) is 3. The van der Waals surface area contributed by atoms with Crippen molar-refractivity contribution in [2.45, 2.75) is 44.6 Å². The number of rotatable bonds is 4. The number of aromatic nitrogens is 2. The van der Waals surface area contributed by atoms with Crippen LogP contribution in [0.4, 0.5) is 0 Å². The number of hydrogen-bond acceptors (Lipinski definition) is 4. The van der Waals surface area contributed by atoms with Gasteiger partial charge in [-0.2, -0.15) is 0 Å². The zero-order chi connectivity index (χ0) is 18.5. The van der Waals surface area contributed by atoms with Crippen LogP contribution in [0.3, 0.4) is 0 Å². The van der Waals surface area contributed by atoms with Crippen LogP contribution >= 0.6 is 12.2 Å². The Labute approximate surface area is 157 Å². The van der Waals surface area contributed by atoms with Gasteiger partial charge in [-0.1, -0.05) is 25.0 Å². The van der Waals surface area contributed by atoms with Gasteiger partial charge < -0.3 is 5.32 Å². The van der Waals surface area contributed by atoms with Crippen molar-refractivity contribution in [3.05, 3.63) is 40.4 Å². The van der Waals surface area contributed by atoms with Crippen LogP contribution in [-0.4, -0.2) is 26.6 Å². The van der Waals surface area contributed by atoms with Gasteiger partial charge in [0.15, 0.2) is 5.11 Å². The third-order valence-electron chi connectivity index (χ3n) is 4.66. The Balaban J connectivity index is 1.53. The molecule has 1 fully saturated rings. The fourth-order valence-corrected chi connectivity index (χ4v) is 3.41. The van der Waals surface area contributed by atoms with Crippen LogP contribution in [-0.2, 0) is 18.3 Å². The third-order valence-corrected chi connectivity index (χ3v) is 4.88. The number of carbonyl (C=O) groups excluding carboxylic acids is 1. The molecule has 1 aromatic heterocycles. The van der Waals surface area contributed by atoms with Crippen molar-refractivity contribution in [3.63, 3.8) is 0 Å². The van der Waals surface area contributed by atoms with Gasteiger partial charge in [-0.05, 0) is 37.2 Å². The number of hydrazine groups is 1. The molecule has 0 saturated heterocycles. The molecule has 3 rings (SSSR count). The number of thiocarbonyl (C=S) groups is 1. The number of benzene rings is 1. The van der Waals surface area contributed by atoms with Crippen LogP contribution < -0.4 is 21.7 Å². The Morgan fingerprint density at radius 3 is 2.77 bits per heavy atom. The first-order chi connectivity index (χ1) is 12.5. The molecule has 8 heteroatoms. The molecule has 0 radical (unpaired) electrons. The Kier molecular flexibility index (Phi) is 5.82. The summed E-state index contributed by atoms with van der Waals surface area (Å²) in [7, 11) is 1.67. The molecule has 7 nitrogen and oxygen atoms in total. The summed E-state index contributed by atoms with van der Waals surface area (Å²) in [5.41, 5.74) is 5.86. The highest BCUT2D eigenvalue weighted by atomic mass is 32.1. The van der Waals surface area contributed by atoms with Crippen molar-refractivity contribution in [1.82, 2.24) is 25.7 Å². The number of fused-ring (bicyclic) bond motifs is 1. The number of hydrogen-bond donors (Lipinski definition) is 3. The predicted octanol–water partition coefficient (Wildman–Crippen LogP) is 1.30. The quantitative estimate of drug-likeness (QED) is 0.553. The second kappa shape index (κ2) is 8.27. The zero-order valence-electron chi connectivity index (χ0n) is 14.7. The van der Waals surface area contributed by atoms with Crippen molar-refractivity contribution in [1.29, 1.82) is 0 Å². The minimum Gasteiger partial charge on any atom is -0.359 e. The lowest BCUT2D eigenvalue weighted by Crippen LogP contribution is -2.49. The molecule has 2 aromatic rings. The number of amides is 1. The fourth-order valence-electron chi connectivity index (χ4n) is 3.19. The van der Waals surface area contributed by atoms with E-state index in [9.17, 15) is 9.59 Å². The van der Waals surface area contributed by atoms with Crippen LogP contribution in [0, 0.1) is 0 Å². The van der Waals surface area contributed by atoms with E-state index in [0.29, 0.717) is 34.3 Å². The monoisotopic (exact) mass is 373 g/mol. The van der Waals surface area contributed by atoms with Crippen molar-refractivity contribution >= 4 is 34.1 Å². The van der Waals surface area contributed by atoms with E-state index in [4.69, 9.17) is 12.2 Å². The first-order valence-corrected chi connectivity index (χ1v) is 9.25. The average molecular weight is 373 g/mol. The Morgan fingerprint density at radius 2 is 2.00 bits per heavy atom. The van der Waals surface area contributed by atoms with Crippen LogP contribution in [0.2, 0.25) is 0 Å². The van der Waals surface area contributed by atoms with E-state index >= 15 is 0 Å². The van der Waals surface area contributed by atoms with E-state index in [1.165, 1.54) is 17.4 Å². The molecule has 0 atom stereocenters. The van der Waals surface area contributed by atoms with E-state index < -0.39 is 0 Å². The Hall–Kier alpha value is -2.48. The predicted molar refractivity (Wildman–Crippen MR) is 105 cm³/mol. The summed E-state index contributed by atoms with van der Waals surface area (Å²) in [4.78, 5) is 28.9. The minimum absolute atomic E-state index is 0.105. The van der Waals surface area contributed by atoms with Gasteiger partial charge in [0.25, 0.3) is 5.56 Å². The van der Waals surface area contributed by atoms with E-state index in [-0.39, 0.29) is 17.9 Å². The van der Waals surface area contributed by atoms with Gasteiger partial charge in [-0.25, -0.2) is 4.98 Å². The van der Waals surface area contributed by atoms with Crippen molar-refractivity contribution in [2.75, 3.05) is 0 Å². The molecular weight excluding hydrogens is 350 g/mol. The highest BCUT2D eigenvalue weighted by Crippen LogP contribution is 2.17. The first-order valence-electron chi connectivity index (χ1n) is 8.84. The summed E-state index contributed by atoms with van der Waals surface area (Å²) >= 11 is 5.18. The molecule has 26 heavy (non-hydrogen) atoms. The number of aryl methyl sites for hydroxylation is 1. The SMILES string of the molecule is Cn1c(CCC(=O)NNC(=S)NC2CCCC2)nc2ccccc2c1=O. The maximum Gasteiger partial charge on any atom is 0.261 e. The third kappa shape index (κ3) is 4.37. The second-order valence-corrected chi connectivity index (χ2v) is 6.95. The summed E-state index contributed by atoms with van der Waals surface area (Å²) in [5.74, 6) is 0.374. The molecular formula is C18H23N5O2S. The van der Waals surface area contributed by atoms with Gasteiger partial charge in [-0.3, -0.25) is 25.0 Å². The van der Waals surface area contributed by atoms with Crippen LogP contribution in [0.5, 0.6) is 0 Å². The molecule has 3 N–H and O–H groups in total. The van der Waals surface area contributed by atoms with Crippen LogP contribution in [0.25, 0.3) is 10.9 Å². The molecule has 1 saturated carbocycles. The zero-order valence-corrected chi connectivity index (χ0v) is 15.6. The maximum atomic E-state index is 12.4. The van der Waals surface area contributed by atoms with Crippen LogP contribution in [0.1, 0.15) is 37.9 Å². The molecule has 1 amide bonds. The summed E-state index contributed by atoms with van der Waals surface area (Å²) in [5, 5.41) is 4.20. The van der Waals surface area contributed by atoms with Crippen LogP contribution in [0.15, 0.2) is 29.1 Å². The van der Waals surface area contributed by atoms with Gasteiger partial charge >= 0.3 is 0 Å². The lowest BCUT2D eigenvalue weighted by molar-refractivity contribution is -0.121. The largest absolute Gasteiger partial charge is 0.359 e. The molecule has 0 spiro atoms. The molecule has 1 aliphatic rings. The maximum absolute atomic E-state index is 12.4. The molecule has 0 aliphatic heterocycles. The average Bonchev–Trinajstić information content (AvgIpc) is 3.14. The number of nitrogens with zero attached hydrogens (tertiary/aromatic N) is 2. The van der Waals surface area contributed by atoms with Crippen molar-refractivity contribution < 1.29 is 4.79 Å². The summed E-state index contributed by atoms with van der Waals surface area (Å²) in [6.07, 6.45) is 5.22. The Morgan fingerprint density at radius 1 is 1.27 bits per heavy atom. The number of carbonyl (C=O) groups is 1. The van der Waals surface area contributed by atoms with E-state index in [1.54, 1.807) is 19.2 Å². The van der Waals surface area contributed by atoms with Crippen molar-refractivity contribution in [3.8, 4) is 0 Å². The summed E-state index contributed by atoms with van der Waals surface area (Å²) in [6.45, 7) is 0. The van der Waals surface area contributed by atoms with Gasteiger partial charge in [0.1, 0.15) is 5.82 Å². The summed E-state index contributed by atoms with van der Waals surface area (Å²) in [6, 6.07) is 7.60. The first kappa shape index (κ1) is 18.3. The minimum atomic E-state index is -0.206. The molecule has 138 valence electrons. The van der Waals surface area contributed by atoms with E-state index in [1.807, 2.05) is 12.1 Å². The normalized spacial score (nSPS) is 14.3. The van der Waals surface area contributed by atoms with E-state index in [2.05, 4.69) is 21.2 Å². The van der Waals surface area contributed by atoms with Gasteiger partial charge in [0.05, 0.1) is 10.9 Å². The highest BCUT2D eigenvalue weighted by Gasteiger charge is 2.15. The molecule has 1 heterocycles. The van der Waals surface area contributed by atoms with Gasteiger partial charge in [-0.15, -0.1) is 0 Å². The van der Waals surface area contributed by atoms with Gasteiger partial charge in [0.2, 0.25) is 5.91 Å². The van der Waals surface area contributed by atoms with Crippen molar-refractivity contribution in [2.24, 2.45) is 7.05 Å². The molecule has 1 aromatic carbocycles. The highest BCUT2D eigenvalue weighted by molar-refractivity contribution is 7.80.